The molecule has 0 aliphatic carbocycles. The van der Waals surface area contributed by atoms with E-state index in [1.165, 1.54) is 6.33 Å². The number of nitrogens with zero attached hydrogens (tertiary/aromatic N) is 6. The molecule has 0 saturated carbocycles. The fourth-order valence-corrected chi connectivity index (χ4v) is 4.62. The summed E-state index contributed by atoms with van der Waals surface area (Å²) in [6.45, 7) is 6.62. The highest BCUT2D eigenvalue weighted by Crippen LogP contribution is 2.29. The maximum absolute atomic E-state index is 12.6. The predicted molar refractivity (Wildman–Crippen MR) is 159 cm³/mol. The van der Waals surface area contributed by atoms with Gasteiger partial charge in [0.2, 0.25) is 11.8 Å². The number of likely N-dealkylation sites (N-methyl/N-ethyl adjacent to an activating group) is 1. The Bertz CT molecular complexity index is 1610. The topological polar surface area (TPSA) is 110 Å². The number of likely N-dealkylation sites (tertiary alicyclic amines) is 1. The van der Waals surface area contributed by atoms with Crippen LogP contribution in [0, 0.1) is 6.92 Å². The highest BCUT2D eigenvalue weighted by atomic mass is 16.5. The lowest BCUT2D eigenvalue weighted by Crippen LogP contribution is -2.23. The normalized spacial score (nSPS) is 16.0. The van der Waals surface area contributed by atoms with Gasteiger partial charge in [-0.2, -0.15) is 0 Å². The molecule has 0 radical (unpaired) electrons. The lowest BCUT2D eigenvalue weighted by molar-refractivity contribution is -0.111. The Hall–Kier alpha value is -4.83. The first kappa shape index (κ1) is 26.8. The van der Waals surface area contributed by atoms with Crippen molar-refractivity contribution in [3.63, 3.8) is 0 Å². The molecule has 4 aromatic rings. The molecule has 1 fully saturated rings. The molecule has 0 unspecified atom stereocenters. The Morgan fingerprint density at radius 2 is 2.00 bits per heavy atom. The van der Waals surface area contributed by atoms with Crippen LogP contribution >= 0.6 is 0 Å². The van der Waals surface area contributed by atoms with Gasteiger partial charge in [0.15, 0.2) is 0 Å². The number of anilines is 3. The molecule has 1 amide bonds. The quantitative estimate of drug-likeness (QED) is 0.174. The smallest absolute Gasteiger partial charge is 0.248 e. The number of amides is 1. The minimum absolute atomic E-state index is 0.164. The van der Waals surface area contributed by atoms with Crippen molar-refractivity contribution < 1.29 is 9.53 Å². The van der Waals surface area contributed by atoms with Crippen LogP contribution in [0.2, 0.25) is 0 Å². The summed E-state index contributed by atoms with van der Waals surface area (Å²) in [5, 5.41) is 7.11. The molecule has 2 aromatic carbocycles. The molecular weight excluding hydrogens is 504 g/mol. The van der Waals surface area contributed by atoms with E-state index in [0.29, 0.717) is 35.0 Å². The van der Waals surface area contributed by atoms with Gasteiger partial charge in [-0.25, -0.2) is 19.9 Å². The van der Waals surface area contributed by atoms with E-state index in [4.69, 9.17) is 4.74 Å². The molecule has 3 heterocycles. The van der Waals surface area contributed by atoms with E-state index in [2.05, 4.69) is 49.2 Å². The average Bonchev–Trinajstić information content (AvgIpc) is 3.55. The standard InChI is InChI=1S/C30H32N8O2/c1-20-16-21(8-11-26(20)40-29(31-2)18-27-32-13-15-38(27)4)36-30-24-17-22(7-10-25(24)33-19-34-30)35-28(39)12-9-23-6-5-14-37(23)3/h7-13,15-19,23H,2,5-6,14H2,1,3-4H3,(H,35,39)(H,33,34,36)/b12-9+,29-18+/t23-/m1/s1. The number of rotatable bonds is 9. The Labute approximate surface area is 233 Å². The van der Waals surface area contributed by atoms with E-state index in [1.54, 1.807) is 18.3 Å². The highest BCUT2D eigenvalue weighted by Gasteiger charge is 2.18. The fraction of sp³-hybridized carbons (Fsp3) is 0.233. The molecule has 1 saturated heterocycles. The first-order valence-corrected chi connectivity index (χ1v) is 13.0. The number of hydrogen-bond donors (Lipinski definition) is 2. The maximum atomic E-state index is 12.6. The second-order valence-electron chi connectivity index (χ2n) is 9.74. The number of nitrogens with one attached hydrogen (secondary N) is 2. The number of ether oxygens (including phenoxy) is 1. The van der Waals surface area contributed by atoms with Gasteiger partial charge in [0.25, 0.3) is 0 Å². The second-order valence-corrected chi connectivity index (χ2v) is 9.74. The molecule has 1 aliphatic rings. The van der Waals surface area contributed by atoms with E-state index < -0.39 is 0 Å². The lowest BCUT2D eigenvalue weighted by Gasteiger charge is -2.14. The number of hydrogen-bond acceptors (Lipinski definition) is 8. The monoisotopic (exact) mass is 536 g/mol. The largest absolute Gasteiger partial charge is 0.439 e. The summed E-state index contributed by atoms with van der Waals surface area (Å²) < 4.78 is 7.85. The summed E-state index contributed by atoms with van der Waals surface area (Å²) in [7, 11) is 3.97. The summed E-state index contributed by atoms with van der Waals surface area (Å²) in [5.74, 6) is 2.16. The van der Waals surface area contributed by atoms with E-state index in [1.807, 2.05) is 67.2 Å². The van der Waals surface area contributed by atoms with Crippen molar-refractivity contribution in [2.45, 2.75) is 25.8 Å². The van der Waals surface area contributed by atoms with Crippen LogP contribution < -0.4 is 15.4 Å². The van der Waals surface area contributed by atoms with Crippen molar-refractivity contribution in [2.24, 2.45) is 12.0 Å². The first-order valence-electron chi connectivity index (χ1n) is 13.0. The molecule has 40 heavy (non-hydrogen) atoms. The van der Waals surface area contributed by atoms with Gasteiger partial charge in [-0.05, 0) is 82.0 Å². The van der Waals surface area contributed by atoms with Gasteiger partial charge in [-0.15, -0.1) is 0 Å². The van der Waals surface area contributed by atoms with Gasteiger partial charge < -0.3 is 19.9 Å². The van der Waals surface area contributed by atoms with Crippen LogP contribution in [0.15, 0.2) is 78.1 Å². The van der Waals surface area contributed by atoms with Crippen LogP contribution in [-0.4, -0.2) is 56.7 Å². The first-order chi connectivity index (χ1) is 19.4. The average molecular weight is 537 g/mol. The third-order valence-electron chi connectivity index (χ3n) is 6.87. The van der Waals surface area contributed by atoms with Gasteiger partial charge in [-0.3, -0.25) is 9.69 Å². The third kappa shape index (κ3) is 6.24. The number of aliphatic imine (C=N–C) groups is 1. The van der Waals surface area contributed by atoms with Crippen LogP contribution in [0.1, 0.15) is 24.2 Å². The minimum atomic E-state index is -0.164. The molecule has 2 aromatic heterocycles. The maximum Gasteiger partial charge on any atom is 0.248 e. The van der Waals surface area contributed by atoms with Crippen molar-refractivity contribution in [3.8, 4) is 5.75 Å². The van der Waals surface area contributed by atoms with E-state index in [9.17, 15) is 4.79 Å². The minimum Gasteiger partial charge on any atom is -0.439 e. The van der Waals surface area contributed by atoms with Gasteiger partial charge in [0.05, 0.1) is 5.52 Å². The number of aromatic nitrogens is 4. The van der Waals surface area contributed by atoms with Crippen LogP contribution in [0.25, 0.3) is 17.0 Å². The van der Waals surface area contributed by atoms with Gasteiger partial charge in [0, 0.05) is 54.4 Å². The zero-order chi connectivity index (χ0) is 28.1. The number of aryl methyl sites for hydroxylation is 2. The van der Waals surface area contributed by atoms with E-state index >= 15 is 0 Å². The summed E-state index contributed by atoms with van der Waals surface area (Å²) in [6.07, 6.45) is 12.6. The summed E-state index contributed by atoms with van der Waals surface area (Å²) in [5.41, 5.74) is 3.15. The Kier molecular flexibility index (Phi) is 7.97. The van der Waals surface area contributed by atoms with Crippen LogP contribution in [0.3, 0.4) is 0 Å². The highest BCUT2D eigenvalue weighted by molar-refractivity contribution is 6.02. The van der Waals surface area contributed by atoms with Crippen molar-refractivity contribution in [1.82, 2.24) is 24.4 Å². The molecule has 0 bridgehead atoms. The SMILES string of the molecule is C=N/C(=C\c1nccn1C)Oc1ccc(Nc2ncnc3ccc(NC(=O)/C=C/[C@H]4CCCN4C)cc23)cc1C. The zero-order valence-electron chi connectivity index (χ0n) is 22.8. The summed E-state index contributed by atoms with van der Waals surface area (Å²) in [4.78, 5) is 31.9. The molecule has 1 atom stereocenters. The Morgan fingerprint density at radius 3 is 2.73 bits per heavy atom. The van der Waals surface area contributed by atoms with Crippen molar-refractivity contribution in [1.29, 1.82) is 0 Å². The molecule has 0 spiro atoms. The molecule has 10 heteroatoms. The lowest BCUT2D eigenvalue weighted by atomic mass is 10.1. The van der Waals surface area contributed by atoms with Gasteiger partial charge in [0.1, 0.15) is 23.7 Å². The Morgan fingerprint density at radius 1 is 1.15 bits per heavy atom. The fourth-order valence-electron chi connectivity index (χ4n) is 4.62. The number of carbonyl (C=O) groups excluding carboxylic acids is 1. The summed E-state index contributed by atoms with van der Waals surface area (Å²) in [6, 6.07) is 11.6. The second kappa shape index (κ2) is 11.9. The molecule has 2 N–H and O–H groups in total. The van der Waals surface area contributed by atoms with Gasteiger partial charge >= 0.3 is 0 Å². The number of imidazole rings is 1. The Balaban J connectivity index is 1.31. The number of carbonyl (C=O) groups is 1. The number of fused-ring (bicyclic) bond motifs is 1. The predicted octanol–water partition coefficient (Wildman–Crippen LogP) is 5.08. The molecule has 5 rings (SSSR count). The van der Waals surface area contributed by atoms with Crippen molar-refractivity contribution >= 4 is 46.8 Å². The molecule has 1 aliphatic heterocycles. The molecule has 204 valence electrons. The van der Waals surface area contributed by atoms with Crippen LogP contribution in [-0.2, 0) is 11.8 Å². The third-order valence-corrected chi connectivity index (χ3v) is 6.87. The molecule has 10 nitrogen and oxygen atoms in total. The van der Waals surface area contributed by atoms with E-state index in [0.717, 1.165) is 41.5 Å². The van der Waals surface area contributed by atoms with E-state index in [-0.39, 0.29) is 5.91 Å². The van der Waals surface area contributed by atoms with Crippen molar-refractivity contribution in [3.05, 3.63) is 84.5 Å². The van der Waals surface area contributed by atoms with Crippen LogP contribution in [0.4, 0.5) is 17.2 Å². The van der Waals surface area contributed by atoms with Gasteiger partial charge in [-0.1, -0.05) is 6.08 Å². The zero-order valence-corrected chi connectivity index (χ0v) is 22.8. The summed E-state index contributed by atoms with van der Waals surface area (Å²) >= 11 is 0. The van der Waals surface area contributed by atoms with Crippen molar-refractivity contribution in [2.75, 3.05) is 24.2 Å². The number of benzene rings is 2. The van der Waals surface area contributed by atoms with Crippen LogP contribution in [0.5, 0.6) is 5.75 Å². The molecular formula is C30H32N8O2.